The summed E-state index contributed by atoms with van der Waals surface area (Å²) in [4.78, 5) is 17.0. The van der Waals surface area contributed by atoms with Crippen LogP contribution in [0.2, 0.25) is 0 Å². The zero-order valence-electron chi connectivity index (χ0n) is 17.5. The van der Waals surface area contributed by atoms with E-state index in [0.29, 0.717) is 24.2 Å². The van der Waals surface area contributed by atoms with Crippen LogP contribution < -0.4 is 4.90 Å². The zero-order valence-corrected chi connectivity index (χ0v) is 17.5. The van der Waals surface area contributed by atoms with Gasteiger partial charge in [0, 0.05) is 42.4 Å². The Bertz CT molecular complexity index is 1000. The summed E-state index contributed by atoms with van der Waals surface area (Å²) < 4.78 is 28.4. The van der Waals surface area contributed by atoms with E-state index in [1.165, 1.54) is 6.07 Å². The lowest BCUT2D eigenvalue weighted by atomic mass is 10.00. The van der Waals surface area contributed by atoms with E-state index >= 15 is 0 Å². The van der Waals surface area contributed by atoms with Crippen LogP contribution in [0.25, 0.3) is 0 Å². The molecule has 0 aromatic heterocycles. The number of carboxylic acids is 1. The van der Waals surface area contributed by atoms with Crippen molar-refractivity contribution in [3.63, 3.8) is 0 Å². The Kier molecular flexibility index (Phi) is 7.70. The van der Waals surface area contributed by atoms with Gasteiger partial charge in [0.15, 0.2) is 0 Å². The molecule has 4 nitrogen and oxygen atoms in total. The third kappa shape index (κ3) is 5.87. The van der Waals surface area contributed by atoms with Gasteiger partial charge in [-0.05, 0) is 43.2 Å². The first kappa shape index (κ1) is 22.4. The predicted molar refractivity (Wildman–Crippen MR) is 120 cm³/mol. The third-order valence-electron chi connectivity index (χ3n) is 5.27. The van der Waals surface area contributed by atoms with Gasteiger partial charge in [0.05, 0.1) is 11.4 Å². The molecular weight excluding hydrogens is 398 g/mol. The highest BCUT2D eigenvalue weighted by Gasteiger charge is 2.33. The minimum Gasteiger partial charge on any atom is -0.481 e. The molecule has 0 saturated heterocycles. The maximum Gasteiger partial charge on any atom is 0.303 e. The molecule has 162 valence electrons. The predicted octanol–water partition coefficient (Wildman–Crippen LogP) is 6.38. The Morgan fingerprint density at radius 3 is 2.65 bits per heavy atom. The third-order valence-corrected chi connectivity index (χ3v) is 5.27. The molecule has 6 heteroatoms. The number of unbranched alkanes of at least 4 members (excludes halogenated alkanes) is 2. The molecule has 3 rings (SSSR count). The van der Waals surface area contributed by atoms with Crippen LogP contribution in [0.5, 0.6) is 0 Å². The summed E-state index contributed by atoms with van der Waals surface area (Å²) in [6.45, 7) is 2.47. The van der Waals surface area contributed by atoms with Crippen molar-refractivity contribution in [2.75, 3.05) is 11.4 Å². The number of halogens is 2. The second-order valence-electron chi connectivity index (χ2n) is 7.49. The zero-order chi connectivity index (χ0) is 22.2. The van der Waals surface area contributed by atoms with E-state index in [2.05, 4.69) is 4.99 Å². The van der Waals surface area contributed by atoms with Crippen LogP contribution in [0.4, 0.5) is 20.2 Å². The average Bonchev–Trinajstić information content (AvgIpc) is 2.99. The van der Waals surface area contributed by atoms with Gasteiger partial charge in [-0.3, -0.25) is 9.79 Å². The second-order valence-corrected chi connectivity index (χ2v) is 7.49. The molecule has 1 atom stereocenters. The molecule has 0 amide bonds. The summed E-state index contributed by atoms with van der Waals surface area (Å²) in [7, 11) is 0. The fourth-order valence-corrected chi connectivity index (χ4v) is 3.80. The van der Waals surface area contributed by atoms with Crippen LogP contribution in [0.3, 0.4) is 0 Å². The molecule has 31 heavy (non-hydrogen) atoms. The number of anilines is 1. The van der Waals surface area contributed by atoms with Gasteiger partial charge in [-0.25, -0.2) is 8.78 Å². The largest absolute Gasteiger partial charge is 0.481 e. The number of para-hydroxylation sites is 1. The summed E-state index contributed by atoms with van der Waals surface area (Å²) >= 11 is 0. The molecular formula is C25H26F2N2O2. The topological polar surface area (TPSA) is 52.9 Å². The van der Waals surface area contributed by atoms with Crippen LogP contribution >= 0.6 is 0 Å². The molecule has 1 aliphatic rings. The number of rotatable bonds is 9. The number of hydrogen-bond donors (Lipinski definition) is 1. The van der Waals surface area contributed by atoms with Crippen molar-refractivity contribution in [3.05, 3.63) is 83.6 Å². The average molecular weight is 424 g/mol. The van der Waals surface area contributed by atoms with Gasteiger partial charge in [-0.1, -0.05) is 37.6 Å². The molecule has 0 spiro atoms. The van der Waals surface area contributed by atoms with Gasteiger partial charge >= 0.3 is 5.97 Å². The first-order chi connectivity index (χ1) is 15.0. The maximum atomic E-state index is 14.5. The lowest BCUT2D eigenvalue weighted by Crippen LogP contribution is -2.21. The Hall–Kier alpha value is -3.28. The number of allylic oxidation sites excluding steroid dienone is 4. The molecule has 1 unspecified atom stereocenters. The Balaban J connectivity index is 1.76. The number of aliphatic imine (C=N–C) groups is 1. The molecule has 2 aromatic rings. The van der Waals surface area contributed by atoms with Crippen molar-refractivity contribution in [3.8, 4) is 0 Å². The van der Waals surface area contributed by atoms with Gasteiger partial charge < -0.3 is 10.0 Å². The van der Waals surface area contributed by atoms with Gasteiger partial charge in [-0.15, -0.1) is 0 Å². The molecule has 1 N–H and O–H groups in total. The Morgan fingerprint density at radius 2 is 1.90 bits per heavy atom. The van der Waals surface area contributed by atoms with Gasteiger partial charge in [-0.2, -0.15) is 0 Å². The minimum atomic E-state index is -0.813. The smallest absolute Gasteiger partial charge is 0.303 e. The summed E-state index contributed by atoms with van der Waals surface area (Å²) in [6.07, 6.45) is 9.41. The fourth-order valence-electron chi connectivity index (χ4n) is 3.80. The van der Waals surface area contributed by atoms with Crippen molar-refractivity contribution >= 4 is 23.6 Å². The van der Waals surface area contributed by atoms with Crippen molar-refractivity contribution in [1.29, 1.82) is 0 Å². The van der Waals surface area contributed by atoms with Gasteiger partial charge in [0.25, 0.3) is 0 Å². The number of carbonyl (C=O) groups is 1. The van der Waals surface area contributed by atoms with E-state index in [9.17, 15) is 13.6 Å². The van der Waals surface area contributed by atoms with Crippen LogP contribution in [-0.2, 0) is 4.79 Å². The van der Waals surface area contributed by atoms with E-state index in [1.807, 2.05) is 54.3 Å². The van der Waals surface area contributed by atoms with Crippen molar-refractivity contribution in [2.45, 2.75) is 38.5 Å². The number of hydrogen-bond acceptors (Lipinski definition) is 3. The minimum absolute atomic E-state index is 0.127. The number of nitrogens with zero attached hydrogens (tertiary/aromatic N) is 2. The molecule has 1 aliphatic heterocycles. The normalized spacial score (nSPS) is 17.2. The standard InChI is InChI=1S/C25H26F2N2O2/c1-18-22(12-7-8-14-28-20-10-4-2-5-11-20)29(15-9-3-6-13-24(30)31)23-17-19(26)16-21(27)25(18)23/h2,4-5,7-8,10-12,14,16-18H,3,6,9,13,15H2,1H3,(H,30,31)/b8-7+,22-12+,28-14?. The summed E-state index contributed by atoms with van der Waals surface area (Å²) in [5, 5.41) is 8.78. The van der Waals surface area contributed by atoms with E-state index in [0.717, 1.165) is 30.3 Å². The molecule has 2 aromatic carbocycles. The quantitative estimate of drug-likeness (QED) is 0.376. The first-order valence-electron chi connectivity index (χ1n) is 10.4. The van der Waals surface area contributed by atoms with E-state index in [1.54, 1.807) is 12.3 Å². The summed E-state index contributed by atoms with van der Waals surface area (Å²) in [5.74, 6) is -2.18. The maximum absolute atomic E-state index is 14.5. The monoisotopic (exact) mass is 424 g/mol. The Morgan fingerprint density at radius 1 is 1.13 bits per heavy atom. The molecule has 0 fully saturated rings. The number of carboxylic acid groups (broad SMARTS) is 1. The number of aliphatic carboxylic acids is 1. The lowest BCUT2D eigenvalue weighted by Gasteiger charge is -2.22. The highest BCUT2D eigenvalue weighted by atomic mass is 19.1. The lowest BCUT2D eigenvalue weighted by molar-refractivity contribution is -0.137. The second kappa shape index (κ2) is 10.7. The highest BCUT2D eigenvalue weighted by molar-refractivity contribution is 5.75. The summed E-state index contributed by atoms with van der Waals surface area (Å²) in [6, 6.07) is 11.9. The highest BCUT2D eigenvalue weighted by Crippen LogP contribution is 2.45. The van der Waals surface area contributed by atoms with Crippen LogP contribution in [-0.4, -0.2) is 23.8 Å². The van der Waals surface area contributed by atoms with E-state index in [4.69, 9.17) is 5.11 Å². The van der Waals surface area contributed by atoms with Crippen LogP contribution in [0.15, 0.2) is 71.4 Å². The van der Waals surface area contributed by atoms with Gasteiger partial charge in [0.1, 0.15) is 11.6 Å². The molecule has 0 aliphatic carbocycles. The van der Waals surface area contributed by atoms with Crippen LogP contribution in [0.1, 0.15) is 44.1 Å². The summed E-state index contributed by atoms with van der Waals surface area (Å²) in [5.41, 5.74) is 2.76. The van der Waals surface area contributed by atoms with Crippen molar-refractivity contribution in [2.24, 2.45) is 4.99 Å². The molecule has 0 saturated carbocycles. The molecule has 0 bridgehead atoms. The SMILES string of the molecule is CC1/C(=C\C=C\C=Nc2ccccc2)N(CCCCCC(=O)O)c2cc(F)cc(F)c21. The fraction of sp³-hybridized carbons (Fsp3) is 0.280. The van der Waals surface area contributed by atoms with E-state index in [-0.39, 0.29) is 12.3 Å². The van der Waals surface area contributed by atoms with Crippen LogP contribution in [0, 0.1) is 11.6 Å². The molecule has 1 heterocycles. The number of fused-ring (bicyclic) bond motifs is 1. The van der Waals surface area contributed by atoms with E-state index < -0.39 is 17.6 Å². The first-order valence-corrected chi connectivity index (χ1v) is 10.4. The number of benzene rings is 2. The molecule has 0 radical (unpaired) electrons. The Labute approximate surface area is 181 Å². The van der Waals surface area contributed by atoms with Crippen molar-refractivity contribution in [1.82, 2.24) is 0 Å². The van der Waals surface area contributed by atoms with Gasteiger partial charge in [0.2, 0.25) is 0 Å². The van der Waals surface area contributed by atoms with Crippen molar-refractivity contribution < 1.29 is 18.7 Å².